The fourth-order valence-electron chi connectivity index (χ4n) is 2.59. The Labute approximate surface area is 125 Å². The number of amides is 1. The van der Waals surface area contributed by atoms with E-state index < -0.39 is 5.97 Å². The summed E-state index contributed by atoms with van der Waals surface area (Å²) in [6.45, 7) is 1.34. The fraction of sp³-hybridized carbons (Fsp3) is 0.412. The zero-order chi connectivity index (χ0) is 15.1. The van der Waals surface area contributed by atoms with Crippen molar-refractivity contribution in [3.63, 3.8) is 0 Å². The normalized spacial score (nSPS) is 16.8. The van der Waals surface area contributed by atoms with Crippen LogP contribution in [0.1, 0.15) is 43.2 Å². The van der Waals surface area contributed by atoms with E-state index in [0.717, 1.165) is 43.0 Å². The molecule has 1 aromatic rings. The second-order valence-corrected chi connectivity index (χ2v) is 5.35. The first-order chi connectivity index (χ1) is 10.2. The van der Waals surface area contributed by atoms with E-state index in [-0.39, 0.29) is 5.91 Å². The standard InChI is InChI=1S/C17H21NO3/c19-16-9-3-1-2-6-12-18(16)13-15-8-5-4-7-14(15)10-11-17(20)21/h4-5,7-8,10-11H,1-3,6,9,12-13H2,(H,20,21). The van der Waals surface area contributed by atoms with Gasteiger partial charge in [-0.1, -0.05) is 37.1 Å². The summed E-state index contributed by atoms with van der Waals surface area (Å²) in [5.41, 5.74) is 1.85. The summed E-state index contributed by atoms with van der Waals surface area (Å²) in [6.07, 6.45) is 7.66. The lowest BCUT2D eigenvalue weighted by Crippen LogP contribution is -2.32. The predicted molar refractivity (Wildman–Crippen MR) is 81.6 cm³/mol. The van der Waals surface area contributed by atoms with Crippen LogP contribution < -0.4 is 0 Å². The first kappa shape index (κ1) is 15.3. The number of carboxylic acid groups (broad SMARTS) is 1. The van der Waals surface area contributed by atoms with Crippen molar-refractivity contribution in [3.8, 4) is 0 Å². The summed E-state index contributed by atoms with van der Waals surface area (Å²) in [5.74, 6) is -0.765. The largest absolute Gasteiger partial charge is 0.478 e. The number of likely N-dealkylation sites (tertiary alicyclic amines) is 1. The third kappa shape index (κ3) is 4.74. The fourth-order valence-corrected chi connectivity index (χ4v) is 2.59. The van der Waals surface area contributed by atoms with Gasteiger partial charge in [-0.15, -0.1) is 0 Å². The summed E-state index contributed by atoms with van der Waals surface area (Å²) in [6, 6.07) is 7.62. The Balaban J connectivity index is 2.13. The molecule has 4 heteroatoms. The first-order valence-electron chi connectivity index (χ1n) is 7.43. The molecule has 0 aromatic heterocycles. The summed E-state index contributed by atoms with van der Waals surface area (Å²) in [4.78, 5) is 24.7. The van der Waals surface area contributed by atoms with Gasteiger partial charge in [0.15, 0.2) is 0 Å². The van der Waals surface area contributed by atoms with E-state index >= 15 is 0 Å². The van der Waals surface area contributed by atoms with Crippen molar-refractivity contribution < 1.29 is 14.7 Å². The third-order valence-electron chi connectivity index (χ3n) is 3.74. The molecular formula is C17H21NO3. The SMILES string of the molecule is O=C(O)C=Cc1ccccc1CN1CCCCCCC1=O. The van der Waals surface area contributed by atoms with Gasteiger partial charge < -0.3 is 10.0 Å². The Morgan fingerprint density at radius 3 is 2.76 bits per heavy atom. The van der Waals surface area contributed by atoms with Crippen LogP contribution >= 0.6 is 0 Å². The smallest absolute Gasteiger partial charge is 0.328 e. The van der Waals surface area contributed by atoms with E-state index in [0.29, 0.717) is 13.0 Å². The topological polar surface area (TPSA) is 57.6 Å². The Morgan fingerprint density at radius 1 is 1.19 bits per heavy atom. The maximum Gasteiger partial charge on any atom is 0.328 e. The van der Waals surface area contributed by atoms with E-state index in [9.17, 15) is 9.59 Å². The monoisotopic (exact) mass is 287 g/mol. The zero-order valence-corrected chi connectivity index (χ0v) is 12.1. The molecule has 4 nitrogen and oxygen atoms in total. The van der Waals surface area contributed by atoms with Crippen LogP contribution in [0.2, 0.25) is 0 Å². The van der Waals surface area contributed by atoms with Gasteiger partial charge in [0, 0.05) is 25.6 Å². The average molecular weight is 287 g/mol. The van der Waals surface area contributed by atoms with E-state index in [1.54, 1.807) is 6.08 Å². The molecule has 0 unspecified atom stereocenters. The molecule has 1 heterocycles. The summed E-state index contributed by atoms with van der Waals surface area (Å²) in [7, 11) is 0. The molecule has 1 aliphatic heterocycles. The second-order valence-electron chi connectivity index (χ2n) is 5.35. The van der Waals surface area contributed by atoms with Crippen LogP contribution in [0.3, 0.4) is 0 Å². The first-order valence-corrected chi connectivity index (χ1v) is 7.43. The number of hydrogen-bond acceptors (Lipinski definition) is 2. The van der Waals surface area contributed by atoms with Gasteiger partial charge in [0.1, 0.15) is 0 Å². The van der Waals surface area contributed by atoms with Crippen LogP contribution in [0, 0.1) is 0 Å². The molecule has 0 bridgehead atoms. The van der Waals surface area contributed by atoms with Crippen molar-refractivity contribution in [1.29, 1.82) is 0 Å². The molecule has 1 aromatic carbocycles. The van der Waals surface area contributed by atoms with Crippen LogP contribution in [-0.4, -0.2) is 28.4 Å². The molecule has 0 aliphatic carbocycles. The van der Waals surface area contributed by atoms with E-state index in [1.165, 1.54) is 6.42 Å². The van der Waals surface area contributed by atoms with Crippen molar-refractivity contribution in [2.75, 3.05) is 6.54 Å². The summed E-state index contributed by atoms with van der Waals surface area (Å²) >= 11 is 0. The molecule has 21 heavy (non-hydrogen) atoms. The van der Waals surface area contributed by atoms with Gasteiger partial charge in [0.05, 0.1) is 0 Å². The lowest BCUT2D eigenvalue weighted by molar-refractivity contribution is -0.133. The highest BCUT2D eigenvalue weighted by molar-refractivity contribution is 5.85. The van der Waals surface area contributed by atoms with E-state index in [4.69, 9.17) is 5.11 Å². The van der Waals surface area contributed by atoms with Gasteiger partial charge in [-0.25, -0.2) is 4.79 Å². The highest BCUT2D eigenvalue weighted by Gasteiger charge is 2.16. The third-order valence-corrected chi connectivity index (χ3v) is 3.74. The van der Waals surface area contributed by atoms with Crippen LogP contribution in [0.4, 0.5) is 0 Å². The second kappa shape index (κ2) is 7.62. The van der Waals surface area contributed by atoms with Crippen LogP contribution in [0.25, 0.3) is 6.08 Å². The molecule has 1 amide bonds. The van der Waals surface area contributed by atoms with Crippen molar-refractivity contribution >= 4 is 18.0 Å². The molecule has 2 rings (SSSR count). The Morgan fingerprint density at radius 2 is 1.95 bits per heavy atom. The molecule has 1 N–H and O–H groups in total. The maximum atomic E-state index is 12.2. The Kier molecular flexibility index (Phi) is 5.55. The van der Waals surface area contributed by atoms with Crippen LogP contribution in [0.5, 0.6) is 0 Å². The molecule has 0 spiro atoms. The number of carboxylic acids is 1. The molecular weight excluding hydrogens is 266 g/mol. The van der Waals surface area contributed by atoms with Gasteiger partial charge in [-0.05, 0) is 30.0 Å². The number of nitrogens with zero attached hydrogens (tertiary/aromatic N) is 1. The maximum absolute atomic E-state index is 12.2. The molecule has 0 saturated carbocycles. The van der Waals surface area contributed by atoms with Gasteiger partial charge in [-0.2, -0.15) is 0 Å². The zero-order valence-electron chi connectivity index (χ0n) is 12.1. The Bertz CT molecular complexity index is 537. The Hall–Kier alpha value is -2.10. The lowest BCUT2D eigenvalue weighted by atomic mass is 10.0. The molecule has 0 radical (unpaired) electrons. The minimum absolute atomic E-state index is 0.201. The number of carbonyl (C=O) groups excluding carboxylic acids is 1. The number of aliphatic carboxylic acids is 1. The summed E-state index contributed by atoms with van der Waals surface area (Å²) < 4.78 is 0. The average Bonchev–Trinajstić information content (AvgIpc) is 2.46. The molecule has 1 fully saturated rings. The number of benzene rings is 1. The molecule has 1 saturated heterocycles. The minimum Gasteiger partial charge on any atom is -0.478 e. The van der Waals surface area contributed by atoms with Gasteiger partial charge in [0.2, 0.25) is 5.91 Å². The van der Waals surface area contributed by atoms with Gasteiger partial charge >= 0.3 is 5.97 Å². The van der Waals surface area contributed by atoms with E-state index in [1.807, 2.05) is 29.2 Å². The quantitative estimate of drug-likeness (QED) is 0.866. The molecule has 112 valence electrons. The number of hydrogen-bond donors (Lipinski definition) is 1. The number of carbonyl (C=O) groups is 2. The molecule has 0 atom stereocenters. The minimum atomic E-state index is -0.966. The highest BCUT2D eigenvalue weighted by Crippen LogP contribution is 2.18. The van der Waals surface area contributed by atoms with Crippen molar-refractivity contribution in [2.45, 2.75) is 38.6 Å². The highest BCUT2D eigenvalue weighted by atomic mass is 16.4. The predicted octanol–water partition coefficient (Wildman–Crippen LogP) is 3.08. The number of rotatable bonds is 4. The lowest BCUT2D eigenvalue weighted by Gasteiger charge is -2.25. The van der Waals surface area contributed by atoms with Gasteiger partial charge in [-0.3, -0.25) is 4.79 Å². The van der Waals surface area contributed by atoms with Crippen molar-refractivity contribution in [2.24, 2.45) is 0 Å². The van der Waals surface area contributed by atoms with Crippen molar-refractivity contribution in [1.82, 2.24) is 4.90 Å². The van der Waals surface area contributed by atoms with Crippen LogP contribution in [0.15, 0.2) is 30.3 Å². The molecule has 1 aliphatic rings. The van der Waals surface area contributed by atoms with Crippen LogP contribution in [-0.2, 0) is 16.1 Å². The van der Waals surface area contributed by atoms with Crippen molar-refractivity contribution in [3.05, 3.63) is 41.5 Å². The van der Waals surface area contributed by atoms with E-state index in [2.05, 4.69) is 0 Å². The van der Waals surface area contributed by atoms with Gasteiger partial charge in [0.25, 0.3) is 0 Å². The summed E-state index contributed by atoms with van der Waals surface area (Å²) in [5, 5.41) is 8.75.